The smallest absolute Gasteiger partial charge is 0.352 e. The van der Waals surface area contributed by atoms with Gasteiger partial charge in [0.25, 0.3) is 0 Å². The number of terminal acetylenes is 1. The van der Waals surface area contributed by atoms with Crippen LogP contribution in [0.1, 0.15) is 28.0 Å². The number of pyridine rings is 1. The number of rotatable bonds is 11. The normalized spacial score (nSPS) is 8.57. The Kier molecular flexibility index (Phi) is 21.3. The Balaban J connectivity index is -0.000000206. The van der Waals surface area contributed by atoms with Crippen molar-refractivity contribution in [3.8, 4) is 113 Å². The van der Waals surface area contributed by atoms with E-state index < -0.39 is 0 Å². The summed E-state index contributed by atoms with van der Waals surface area (Å²) in [7, 11) is 3.18. The third-order valence-electron chi connectivity index (χ3n) is 5.72. The van der Waals surface area contributed by atoms with E-state index in [1.807, 2.05) is 30.3 Å². The minimum atomic E-state index is -0.299. The van der Waals surface area contributed by atoms with Crippen LogP contribution in [0.15, 0.2) is 63.3 Å². The Bertz CT molecular complexity index is 2650. The number of hydrogen-bond donors (Lipinski definition) is 3. The Hall–Kier alpha value is -8.42. The molecule has 4 aromatic rings. The number of ether oxygens (including phenoxy) is 3. The highest BCUT2D eigenvalue weighted by atomic mass is 17.4. The van der Waals surface area contributed by atoms with Crippen molar-refractivity contribution in [3.05, 3.63) is 64.5 Å². The molecule has 0 unspecified atom stereocenters. The lowest BCUT2D eigenvalue weighted by molar-refractivity contribution is -0.587. The van der Waals surface area contributed by atoms with Crippen LogP contribution in [-0.2, 0) is 32.6 Å². The second kappa shape index (κ2) is 27.3. The maximum Gasteiger partial charge on any atom is 0.352 e. The maximum absolute atomic E-state index is 12.9. The number of benzene rings is 1. The Labute approximate surface area is 330 Å². The molecule has 0 fully saturated rings. The van der Waals surface area contributed by atoms with Gasteiger partial charge >= 0.3 is 5.69 Å². The van der Waals surface area contributed by atoms with Gasteiger partial charge in [0.05, 0.1) is 31.0 Å². The summed E-state index contributed by atoms with van der Waals surface area (Å²) >= 11 is 0. The highest BCUT2D eigenvalue weighted by molar-refractivity contribution is 5.89. The van der Waals surface area contributed by atoms with Crippen molar-refractivity contribution in [1.29, 1.82) is 5.53 Å². The van der Waals surface area contributed by atoms with Gasteiger partial charge in [-0.15, -0.1) is 6.42 Å². The van der Waals surface area contributed by atoms with Crippen molar-refractivity contribution < 1.29 is 44.7 Å². The Morgan fingerprint density at radius 3 is 1.96 bits per heavy atom. The maximum atomic E-state index is 12.9. The lowest BCUT2D eigenvalue weighted by Gasteiger charge is -2.12. The fraction of sp³-hybridized carbons (Fsp3) is 0.158. The van der Waals surface area contributed by atoms with Crippen LogP contribution >= 0.6 is 0 Å². The first-order chi connectivity index (χ1) is 27.5. The zero-order valence-electron chi connectivity index (χ0n) is 29.6. The summed E-state index contributed by atoms with van der Waals surface area (Å²) in [5.41, 5.74) is 8.51. The zero-order valence-corrected chi connectivity index (χ0v) is 29.6. The van der Waals surface area contributed by atoms with Gasteiger partial charge in [-0.3, -0.25) is 4.57 Å². The van der Waals surface area contributed by atoms with E-state index in [1.165, 1.54) is 10.8 Å². The molecule has 0 amide bonds. The first-order valence-electron chi connectivity index (χ1n) is 15.0. The molecule has 18 heteroatoms. The van der Waals surface area contributed by atoms with E-state index in [0.29, 0.717) is 24.4 Å². The minimum Gasteiger partial charge on any atom is -0.497 e. The van der Waals surface area contributed by atoms with Crippen molar-refractivity contribution in [2.45, 2.75) is 20.1 Å². The van der Waals surface area contributed by atoms with Gasteiger partial charge in [-0.1, -0.05) is 28.0 Å². The molecule has 18 nitrogen and oxygen atoms in total. The van der Waals surface area contributed by atoms with E-state index in [1.54, 1.807) is 31.9 Å². The summed E-state index contributed by atoms with van der Waals surface area (Å²) in [5, 5.41) is 27.5. The van der Waals surface area contributed by atoms with E-state index in [-0.39, 0.29) is 27.8 Å². The molecule has 3 heterocycles. The van der Waals surface area contributed by atoms with Gasteiger partial charge in [0.2, 0.25) is 0 Å². The van der Waals surface area contributed by atoms with Crippen LogP contribution in [0.2, 0.25) is 0 Å². The molecule has 0 atom stereocenters. The third kappa shape index (κ3) is 15.9. The van der Waals surface area contributed by atoms with E-state index >= 15 is 0 Å². The van der Waals surface area contributed by atoms with Crippen molar-refractivity contribution in [3.63, 3.8) is 0 Å². The lowest BCUT2D eigenvalue weighted by atomic mass is 10.2. The zero-order chi connectivity index (χ0) is 40.6. The first-order valence-corrected chi connectivity index (χ1v) is 15.0. The number of nitrogens with zero attached hydrogens (tertiary/aromatic N) is 9. The van der Waals surface area contributed by atoms with Gasteiger partial charge < -0.3 is 14.2 Å². The molecular formula is C38H40N10O8. The van der Waals surface area contributed by atoms with Crippen molar-refractivity contribution in [2.75, 3.05) is 21.0 Å². The molecule has 0 radical (unpaired) electrons. The monoisotopic (exact) mass is 764 g/mol. The topological polar surface area (TPSA) is 216 Å². The summed E-state index contributed by atoms with van der Waals surface area (Å²) in [4.78, 5) is 28.0. The molecule has 0 aliphatic heterocycles. The van der Waals surface area contributed by atoms with Crippen LogP contribution in [0.3, 0.4) is 0 Å². The summed E-state index contributed by atoms with van der Waals surface area (Å²) in [6, 6.07) is 9.45. The van der Waals surface area contributed by atoms with E-state index in [0.717, 1.165) is 22.3 Å². The van der Waals surface area contributed by atoms with Crippen LogP contribution in [0.4, 0.5) is 0 Å². The molecule has 0 saturated heterocycles. The highest BCUT2D eigenvalue weighted by Crippen LogP contribution is 2.19. The summed E-state index contributed by atoms with van der Waals surface area (Å²) < 4.78 is 18.4. The number of aromatic nitrogens is 5. The van der Waals surface area contributed by atoms with Crippen molar-refractivity contribution in [2.24, 2.45) is 15.7 Å². The second-order valence-electron chi connectivity index (χ2n) is 9.13. The predicted octanol–water partition coefficient (Wildman–Crippen LogP) is 4.42. The third-order valence-corrected chi connectivity index (χ3v) is 5.72. The lowest BCUT2D eigenvalue weighted by Crippen LogP contribution is -2.29. The standard InChI is InChI=1S/C19H19N5O4.C19H4.H3N5O4.7H2/c1-26-12-28-10-14-7-16-17(20-8-14)23(19(25)24-18(16)21-11-22-24)9-13-3-5-15(27-2)6-4-13;1-3-5-7-9-11-13-15-17-19-18-16-14-12-10-8-6-4-2;1-2-3-4-5(8-6)9-7;;;;;;;/h3-8,11H,9-10,12H2,1-2H3;1H,2H3;1,6-7H;7*1H/b;;2-1?,4-3+;;;;;;;. The predicted molar refractivity (Wildman–Crippen MR) is 212 cm³/mol. The van der Waals surface area contributed by atoms with E-state index in [4.69, 9.17) is 36.7 Å². The number of hydrogen-bond acceptors (Lipinski definition) is 13. The molecule has 0 aliphatic rings. The largest absolute Gasteiger partial charge is 0.497 e. The van der Waals surface area contributed by atoms with Crippen LogP contribution in [0, 0.1) is 113 Å². The van der Waals surface area contributed by atoms with Crippen LogP contribution in [-0.4, -0.2) is 61.0 Å². The van der Waals surface area contributed by atoms with E-state index in [9.17, 15) is 4.79 Å². The van der Waals surface area contributed by atoms with Crippen LogP contribution in [0.5, 0.6) is 5.75 Å². The fourth-order valence-electron chi connectivity index (χ4n) is 3.63. The SMILES string of the molecule is C#CC#CC#CC#CC#CC#CC#CC#CC#CC.COCOCc1cnc2c(c1)c1ncnn1c(=O)n2Cc1ccc(OC)cc1.N=N/N=N/N(OO)OO.[HH].[HH].[HH].[HH].[HH].[HH].[HH]. The molecule has 3 aromatic heterocycles. The minimum absolute atomic E-state index is 0. The first kappa shape index (κ1) is 43.7. The van der Waals surface area contributed by atoms with Gasteiger partial charge in [-0.25, -0.2) is 25.3 Å². The number of nitrogens with one attached hydrogen (secondary N) is 1. The van der Waals surface area contributed by atoms with Crippen LogP contribution < -0.4 is 10.4 Å². The van der Waals surface area contributed by atoms with Crippen molar-refractivity contribution in [1.82, 2.24) is 29.5 Å². The average Bonchev–Trinajstić information content (AvgIpc) is 3.73. The molecule has 0 saturated carbocycles. The Morgan fingerprint density at radius 1 is 0.857 bits per heavy atom. The molecule has 3 N–H and O–H groups in total. The highest BCUT2D eigenvalue weighted by Gasteiger charge is 2.15. The van der Waals surface area contributed by atoms with Gasteiger partial charge in [0, 0.05) is 28.5 Å². The van der Waals surface area contributed by atoms with Gasteiger partial charge in [0.1, 0.15) is 24.5 Å². The van der Waals surface area contributed by atoms with Crippen LogP contribution in [0.25, 0.3) is 16.7 Å². The fourth-order valence-corrected chi connectivity index (χ4v) is 3.63. The Morgan fingerprint density at radius 2 is 1.45 bits per heavy atom. The summed E-state index contributed by atoms with van der Waals surface area (Å²) in [6.07, 6.45) is 7.94. The summed E-state index contributed by atoms with van der Waals surface area (Å²) in [6.45, 7) is 2.58. The molecule has 1 aromatic carbocycles. The quantitative estimate of drug-likeness (QED) is 0.0483. The molecule has 0 aliphatic carbocycles. The molecule has 56 heavy (non-hydrogen) atoms. The molecular weight excluding hydrogens is 724 g/mol. The van der Waals surface area contributed by atoms with Crippen molar-refractivity contribution >= 4 is 16.7 Å². The number of methoxy groups -OCH3 is 2. The van der Waals surface area contributed by atoms with Gasteiger partial charge in [0.15, 0.2) is 5.65 Å². The van der Waals surface area contributed by atoms with Gasteiger partial charge in [-0.2, -0.15) is 15.1 Å². The molecule has 0 bridgehead atoms. The molecule has 0 spiro atoms. The summed E-state index contributed by atoms with van der Waals surface area (Å²) in [5.74, 6) is 42.7. The molecule has 290 valence electrons. The van der Waals surface area contributed by atoms with E-state index in [2.05, 4.69) is 141 Å². The molecule has 4 rings (SSSR count). The van der Waals surface area contributed by atoms with Gasteiger partial charge in [-0.05, 0) is 141 Å². The number of fused-ring (bicyclic) bond motifs is 3. The second-order valence-corrected chi connectivity index (χ2v) is 9.13. The average molecular weight is 765 g/mol.